The third-order valence-electron chi connectivity index (χ3n) is 5.47. The van der Waals surface area contributed by atoms with Gasteiger partial charge in [-0.25, -0.2) is 15.0 Å². The molecular weight excluding hydrogens is 348 g/mol. The van der Waals surface area contributed by atoms with Gasteiger partial charge in [0, 0.05) is 62.0 Å². The average Bonchev–Trinajstić information content (AvgIpc) is 3.05. The lowest BCUT2D eigenvalue weighted by atomic mass is 10.1. The maximum Gasteiger partial charge on any atom is 0.159 e. The predicted octanol–water partition coefficient (Wildman–Crippen LogP) is 3.36. The monoisotopic (exact) mass is 370 g/mol. The number of pyridine rings is 2. The first-order chi connectivity index (χ1) is 13.7. The Kier molecular flexibility index (Phi) is 4.13. The Labute approximate surface area is 163 Å². The summed E-state index contributed by atoms with van der Waals surface area (Å²) in [5.41, 5.74) is 8.00. The topological polar surface area (TPSA) is 59.2 Å². The molecule has 5 rings (SSSR count). The highest BCUT2D eigenvalue weighted by Gasteiger charge is 2.21. The molecule has 0 radical (unpaired) electrons. The van der Waals surface area contributed by atoms with Crippen LogP contribution in [0.3, 0.4) is 0 Å². The van der Waals surface area contributed by atoms with Crippen molar-refractivity contribution in [2.24, 2.45) is 0 Å². The fraction of sp³-hybridized carbons (Fsp3) is 0.273. The Morgan fingerprint density at radius 2 is 1.93 bits per heavy atom. The van der Waals surface area contributed by atoms with E-state index in [0.717, 1.165) is 54.5 Å². The summed E-state index contributed by atoms with van der Waals surface area (Å²) in [5, 5.41) is 0. The van der Waals surface area contributed by atoms with Crippen molar-refractivity contribution in [2.45, 2.75) is 33.4 Å². The lowest BCUT2D eigenvalue weighted by molar-refractivity contribution is 0.239. The van der Waals surface area contributed by atoms with Crippen LogP contribution in [0.2, 0.25) is 0 Å². The molecule has 1 aliphatic rings. The molecule has 0 aliphatic carbocycles. The first kappa shape index (κ1) is 17.0. The van der Waals surface area contributed by atoms with Gasteiger partial charge in [0.2, 0.25) is 0 Å². The number of nitrogens with zero attached hydrogens (tertiary/aromatic N) is 6. The molecule has 0 spiro atoms. The largest absolute Gasteiger partial charge is 0.302 e. The molecular formula is C22H22N6. The molecule has 0 saturated carbocycles. The summed E-state index contributed by atoms with van der Waals surface area (Å²) in [4.78, 5) is 20.7. The van der Waals surface area contributed by atoms with Crippen molar-refractivity contribution < 1.29 is 0 Å². The van der Waals surface area contributed by atoms with Crippen LogP contribution in [0.15, 0.2) is 49.1 Å². The molecule has 0 bridgehead atoms. The minimum absolute atomic E-state index is 0.780. The molecule has 4 aromatic rings. The molecule has 0 atom stereocenters. The number of aryl methyl sites for hydroxylation is 2. The minimum atomic E-state index is 0.780. The number of hydrogen-bond donors (Lipinski definition) is 0. The second kappa shape index (κ2) is 6.80. The highest BCUT2D eigenvalue weighted by molar-refractivity contribution is 5.54. The third-order valence-corrected chi connectivity index (χ3v) is 5.47. The Bertz CT molecular complexity index is 1150. The first-order valence-corrected chi connectivity index (χ1v) is 9.60. The number of rotatable bonds is 3. The van der Waals surface area contributed by atoms with Crippen LogP contribution >= 0.6 is 0 Å². The standard InChI is InChI=1S/C22H22N6/c1-15-4-3-10-28-20(16(2)25-22(15)28)14-27-11-7-19-18(13-27)12-24-21(26-19)17-5-8-23-9-6-17/h3-6,8-10,12H,7,11,13-14H2,1-2H3. The zero-order valence-electron chi connectivity index (χ0n) is 16.1. The van der Waals surface area contributed by atoms with E-state index in [-0.39, 0.29) is 0 Å². The molecule has 1 aliphatic heterocycles. The molecule has 6 heteroatoms. The Morgan fingerprint density at radius 1 is 1.07 bits per heavy atom. The number of aromatic nitrogens is 5. The molecule has 6 nitrogen and oxygen atoms in total. The van der Waals surface area contributed by atoms with E-state index in [1.54, 1.807) is 12.4 Å². The number of hydrogen-bond acceptors (Lipinski definition) is 5. The molecule has 140 valence electrons. The minimum Gasteiger partial charge on any atom is -0.302 e. The van der Waals surface area contributed by atoms with Crippen molar-refractivity contribution in [3.05, 3.63) is 77.3 Å². The van der Waals surface area contributed by atoms with Crippen LogP contribution in [0.5, 0.6) is 0 Å². The van der Waals surface area contributed by atoms with Gasteiger partial charge in [-0.1, -0.05) is 6.07 Å². The van der Waals surface area contributed by atoms with E-state index in [9.17, 15) is 0 Å². The van der Waals surface area contributed by atoms with Crippen LogP contribution < -0.4 is 0 Å². The molecule has 0 N–H and O–H groups in total. The van der Waals surface area contributed by atoms with Crippen molar-refractivity contribution in [3.63, 3.8) is 0 Å². The van der Waals surface area contributed by atoms with Gasteiger partial charge in [-0.15, -0.1) is 0 Å². The lowest BCUT2D eigenvalue weighted by Gasteiger charge is -2.28. The first-order valence-electron chi connectivity index (χ1n) is 9.60. The van der Waals surface area contributed by atoms with Crippen molar-refractivity contribution in [1.82, 2.24) is 29.2 Å². The summed E-state index contributed by atoms with van der Waals surface area (Å²) < 4.78 is 2.23. The van der Waals surface area contributed by atoms with E-state index in [4.69, 9.17) is 9.97 Å². The third kappa shape index (κ3) is 2.96. The molecule has 4 aromatic heterocycles. The summed E-state index contributed by atoms with van der Waals surface area (Å²) in [6, 6.07) is 8.10. The zero-order chi connectivity index (χ0) is 19.1. The Hall–Kier alpha value is -3.12. The van der Waals surface area contributed by atoms with E-state index < -0.39 is 0 Å². The average molecular weight is 370 g/mol. The van der Waals surface area contributed by atoms with E-state index in [1.165, 1.54) is 16.8 Å². The number of imidazole rings is 1. The van der Waals surface area contributed by atoms with Gasteiger partial charge in [-0.3, -0.25) is 9.88 Å². The SMILES string of the molecule is Cc1nc2c(C)cccn2c1CN1CCc2nc(-c3ccncc3)ncc2C1. The van der Waals surface area contributed by atoms with Crippen LogP contribution in [0.25, 0.3) is 17.0 Å². The van der Waals surface area contributed by atoms with Gasteiger partial charge in [0.25, 0.3) is 0 Å². The Balaban J connectivity index is 1.40. The van der Waals surface area contributed by atoms with Crippen molar-refractivity contribution >= 4 is 5.65 Å². The predicted molar refractivity (Wildman–Crippen MR) is 108 cm³/mol. The maximum atomic E-state index is 4.81. The fourth-order valence-corrected chi connectivity index (χ4v) is 3.92. The normalized spacial score (nSPS) is 14.4. The smallest absolute Gasteiger partial charge is 0.159 e. The summed E-state index contributed by atoms with van der Waals surface area (Å²) in [5.74, 6) is 0.780. The molecule has 5 heterocycles. The lowest BCUT2D eigenvalue weighted by Crippen LogP contribution is -2.31. The fourth-order valence-electron chi connectivity index (χ4n) is 3.92. The van der Waals surface area contributed by atoms with Crippen molar-refractivity contribution in [1.29, 1.82) is 0 Å². The maximum absolute atomic E-state index is 4.81. The van der Waals surface area contributed by atoms with Gasteiger partial charge in [0.05, 0.1) is 17.1 Å². The summed E-state index contributed by atoms with van der Waals surface area (Å²) in [7, 11) is 0. The summed E-state index contributed by atoms with van der Waals surface area (Å²) in [6.07, 6.45) is 8.58. The quantitative estimate of drug-likeness (QED) is 0.553. The van der Waals surface area contributed by atoms with Crippen molar-refractivity contribution in [3.8, 4) is 11.4 Å². The summed E-state index contributed by atoms with van der Waals surface area (Å²) >= 11 is 0. The second-order valence-corrected chi connectivity index (χ2v) is 7.39. The van der Waals surface area contributed by atoms with E-state index in [1.807, 2.05) is 18.3 Å². The van der Waals surface area contributed by atoms with Crippen LogP contribution in [-0.2, 0) is 19.5 Å². The highest BCUT2D eigenvalue weighted by atomic mass is 15.2. The van der Waals surface area contributed by atoms with Crippen LogP contribution in [0, 0.1) is 13.8 Å². The van der Waals surface area contributed by atoms with Gasteiger partial charge in [-0.2, -0.15) is 0 Å². The van der Waals surface area contributed by atoms with Gasteiger partial charge in [-0.05, 0) is 37.6 Å². The molecule has 0 aromatic carbocycles. The van der Waals surface area contributed by atoms with Crippen LogP contribution in [-0.4, -0.2) is 35.8 Å². The zero-order valence-corrected chi connectivity index (χ0v) is 16.1. The van der Waals surface area contributed by atoms with Gasteiger partial charge >= 0.3 is 0 Å². The van der Waals surface area contributed by atoms with Gasteiger partial charge in [0.1, 0.15) is 5.65 Å². The van der Waals surface area contributed by atoms with Crippen molar-refractivity contribution in [2.75, 3.05) is 6.54 Å². The second-order valence-electron chi connectivity index (χ2n) is 7.39. The van der Waals surface area contributed by atoms with Gasteiger partial charge in [0.15, 0.2) is 5.82 Å². The van der Waals surface area contributed by atoms with E-state index in [2.05, 4.69) is 51.4 Å². The van der Waals surface area contributed by atoms with Crippen LogP contribution in [0.4, 0.5) is 0 Å². The molecule has 0 amide bonds. The molecule has 28 heavy (non-hydrogen) atoms. The van der Waals surface area contributed by atoms with E-state index in [0.29, 0.717) is 0 Å². The Morgan fingerprint density at radius 3 is 2.79 bits per heavy atom. The number of fused-ring (bicyclic) bond motifs is 2. The van der Waals surface area contributed by atoms with E-state index >= 15 is 0 Å². The van der Waals surface area contributed by atoms with Crippen LogP contribution in [0.1, 0.15) is 28.2 Å². The molecule has 0 fully saturated rings. The molecule has 0 saturated heterocycles. The van der Waals surface area contributed by atoms with Gasteiger partial charge < -0.3 is 4.40 Å². The molecule has 0 unspecified atom stereocenters. The highest BCUT2D eigenvalue weighted by Crippen LogP contribution is 2.23. The summed E-state index contributed by atoms with van der Waals surface area (Å²) in [6.45, 7) is 6.94.